The van der Waals surface area contributed by atoms with Crippen molar-refractivity contribution in [2.24, 2.45) is 0 Å². The van der Waals surface area contributed by atoms with Crippen molar-refractivity contribution < 1.29 is 22.5 Å². The lowest BCUT2D eigenvalue weighted by Gasteiger charge is -2.18. The molecule has 0 spiro atoms. The lowest BCUT2D eigenvalue weighted by molar-refractivity contribution is -0.136. The lowest BCUT2D eigenvalue weighted by Crippen LogP contribution is -2.19. The van der Waals surface area contributed by atoms with E-state index in [-0.39, 0.29) is 12.1 Å². The van der Waals surface area contributed by atoms with Gasteiger partial charge in [0.2, 0.25) is 5.91 Å². The van der Waals surface area contributed by atoms with Crippen molar-refractivity contribution in [2.75, 3.05) is 24.3 Å². The second-order valence-corrected chi connectivity index (χ2v) is 5.97. The molecule has 2 aromatic carbocycles. The Labute approximate surface area is 147 Å². The van der Waals surface area contributed by atoms with Gasteiger partial charge in [0.15, 0.2) is 5.58 Å². The Bertz CT molecular complexity index is 948. The van der Waals surface area contributed by atoms with Crippen LogP contribution in [0, 0.1) is 0 Å². The number of rotatable bonds is 4. The van der Waals surface area contributed by atoms with E-state index in [2.05, 4.69) is 10.5 Å². The van der Waals surface area contributed by atoms with Gasteiger partial charge in [0.05, 0.1) is 17.7 Å². The molecule has 0 unspecified atom stereocenters. The molecule has 8 heteroatoms. The van der Waals surface area contributed by atoms with E-state index in [0.717, 1.165) is 6.07 Å². The number of hydrogen-bond acceptors (Lipinski definition) is 4. The van der Waals surface area contributed by atoms with Gasteiger partial charge in [-0.15, -0.1) is 0 Å². The van der Waals surface area contributed by atoms with Gasteiger partial charge in [-0.2, -0.15) is 13.2 Å². The maximum Gasteiger partial charge on any atom is 0.418 e. The molecule has 0 saturated heterocycles. The van der Waals surface area contributed by atoms with Crippen molar-refractivity contribution in [1.82, 2.24) is 5.16 Å². The summed E-state index contributed by atoms with van der Waals surface area (Å²) in [6.07, 6.45) is -4.78. The molecule has 0 bridgehead atoms. The minimum atomic E-state index is -4.59. The molecular formula is C18H16F3N3O2. The number of nitrogens with zero attached hydrogens (tertiary/aromatic N) is 2. The van der Waals surface area contributed by atoms with Crippen molar-refractivity contribution in [1.29, 1.82) is 0 Å². The van der Waals surface area contributed by atoms with Crippen LogP contribution in [-0.2, 0) is 17.4 Å². The van der Waals surface area contributed by atoms with Gasteiger partial charge >= 0.3 is 6.18 Å². The van der Waals surface area contributed by atoms with E-state index in [0.29, 0.717) is 22.4 Å². The summed E-state index contributed by atoms with van der Waals surface area (Å²) in [5, 5.41) is 6.80. The van der Waals surface area contributed by atoms with Crippen molar-refractivity contribution in [3.05, 3.63) is 53.7 Å². The van der Waals surface area contributed by atoms with Crippen LogP contribution in [0.5, 0.6) is 0 Å². The molecule has 3 rings (SSSR count). The first-order chi connectivity index (χ1) is 12.3. The number of para-hydroxylation sites is 1. The third-order valence-corrected chi connectivity index (χ3v) is 3.88. The fourth-order valence-electron chi connectivity index (χ4n) is 2.57. The van der Waals surface area contributed by atoms with Crippen LogP contribution in [0.25, 0.3) is 11.0 Å². The molecule has 0 radical (unpaired) electrons. The molecule has 0 aliphatic heterocycles. The van der Waals surface area contributed by atoms with Crippen LogP contribution in [0.1, 0.15) is 11.3 Å². The summed E-state index contributed by atoms with van der Waals surface area (Å²) in [7, 11) is 3.28. The number of nitrogens with one attached hydrogen (secondary N) is 1. The summed E-state index contributed by atoms with van der Waals surface area (Å²) in [5.41, 5.74) is 0.0824. The SMILES string of the molecule is CN(C)c1ccc(NC(=O)Cc2noc3ccccc23)c(C(F)(F)F)c1. The number of hydrogen-bond donors (Lipinski definition) is 1. The number of benzene rings is 2. The van der Waals surface area contributed by atoms with Crippen molar-refractivity contribution >= 4 is 28.3 Å². The molecule has 3 aromatic rings. The summed E-state index contributed by atoms with van der Waals surface area (Å²) < 4.78 is 45.1. The molecule has 5 nitrogen and oxygen atoms in total. The van der Waals surface area contributed by atoms with Crippen LogP contribution in [0.4, 0.5) is 24.5 Å². The molecule has 136 valence electrons. The number of carbonyl (C=O) groups excluding carboxylic acids is 1. The number of aromatic nitrogens is 1. The topological polar surface area (TPSA) is 58.4 Å². The van der Waals surface area contributed by atoms with Crippen molar-refractivity contribution in [3.8, 4) is 0 Å². The van der Waals surface area contributed by atoms with E-state index in [1.807, 2.05) is 0 Å². The Morgan fingerprint density at radius 1 is 1.19 bits per heavy atom. The number of anilines is 2. The highest BCUT2D eigenvalue weighted by Crippen LogP contribution is 2.37. The van der Waals surface area contributed by atoms with E-state index < -0.39 is 17.6 Å². The first kappa shape index (κ1) is 17.8. The fourth-order valence-corrected chi connectivity index (χ4v) is 2.57. The second kappa shape index (κ2) is 6.70. The first-order valence-corrected chi connectivity index (χ1v) is 7.77. The van der Waals surface area contributed by atoms with Crippen molar-refractivity contribution in [2.45, 2.75) is 12.6 Å². The first-order valence-electron chi connectivity index (χ1n) is 7.77. The Morgan fingerprint density at radius 3 is 2.62 bits per heavy atom. The zero-order valence-corrected chi connectivity index (χ0v) is 14.1. The minimum absolute atomic E-state index is 0.191. The molecule has 1 heterocycles. The molecule has 0 aliphatic rings. The number of halogens is 3. The van der Waals surface area contributed by atoms with E-state index in [9.17, 15) is 18.0 Å². The fraction of sp³-hybridized carbons (Fsp3) is 0.222. The van der Waals surface area contributed by atoms with Crippen LogP contribution in [0.3, 0.4) is 0 Å². The average molecular weight is 363 g/mol. The summed E-state index contributed by atoms with van der Waals surface area (Å²) in [6, 6.07) is 10.7. The van der Waals surface area contributed by atoms with E-state index >= 15 is 0 Å². The Kier molecular flexibility index (Phi) is 4.58. The molecule has 26 heavy (non-hydrogen) atoms. The maximum absolute atomic E-state index is 13.3. The quantitative estimate of drug-likeness (QED) is 0.758. The van der Waals surface area contributed by atoms with E-state index in [1.165, 1.54) is 12.1 Å². The highest BCUT2D eigenvalue weighted by Gasteiger charge is 2.34. The van der Waals surface area contributed by atoms with Crippen LogP contribution in [0.15, 0.2) is 47.0 Å². The molecule has 1 N–H and O–H groups in total. The highest BCUT2D eigenvalue weighted by molar-refractivity contribution is 5.95. The predicted octanol–water partition coefficient (Wildman–Crippen LogP) is 4.09. The minimum Gasteiger partial charge on any atom is -0.378 e. The smallest absolute Gasteiger partial charge is 0.378 e. The summed E-state index contributed by atoms with van der Waals surface area (Å²) in [4.78, 5) is 13.8. The van der Waals surface area contributed by atoms with Crippen molar-refractivity contribution in [3.63, 3.8) is 0 Å². The van der Waals surface area contributed by atoms with E-state index in [1.54, 1.807) is 43.3 Å². The van der Waals surface area contributed by atoms with Gasteiger partial charge in [-0.05, 0) is 30.3 Å². The van der Waals surface area contributed by atoms with Gasteiger partial charge in [-0.3, -0.25) is 4.79 Å². The van der Waals surface area contributed by atoms with Gasteiger partial charge in [-0.25, -0.2) is 0 Å². The van der Waals surface area contributed by atoms with Gasteiger partial charge in [0.25, 0.3) is 0 Å². The third-order valence-electron chi connectivity index (χ3n) is 3.88. The number of alkyl halides is 3. The zero-order chi connectivity index (χ0) is 18.9. The average Bonchev–Trinajstić information content (AvgIpc) is 2.97. The Hall–Kier alpha value is -3.03. The standard InChI is InChI=1S/C18H16F3N3O2/c1-24(2)11-7-8-14(13(9-11)18(19,20)21)22-17(25)10-15-12-5-3-4-6-16(12)26-23-15/h3-9H,10H2,1-2H3,(H,22,25). The van der Waals surface area contributed by atoms with E-state index in [4.69, 9.17) is 4.52 Å². The van der Waals surface area contributed by atoms with Crippen LogP contribution >= 0.6 is 0 Å². The molecule has 0 saturated carbocycles. The van der Waals surface area contributed by atoms with Gasteiger partial charge in [0, 0.05) is 25.2 Å². The van der Waals surface area contributed by atoms with Crippen LogP contribution in [-0.4, -0.2) is 25.2 Å². The second-order valence-electron chi connectivity index (χ2n) is 5.97. The van der Waals surface area contributed by atoms with Crippen LogP contribution in [0.2, 0.25) is 0 Å². The summed E-state index contributed by atoms with van der Waals surface area (Å²) in [6.45, 7) is 0. The maximum atomic E-state index is 13.3. The molecular weight excluding hydrogens is 347 g/mol. The largest absolute Gasteiger partial charge is 0.418 e. The van der Waals surface area contributed by atoms with Gasteiger partial charge < -0.3 is 14.7 Å². The van der Waals surface area contributed by atoms with Crippen LogP contribution < -0.4 is 10.2 Å². The molecule has 1 aromatic heterocycles. The molecule has 1 amide bonds. The third kappa shape index (κ3) is 3.63. The lowest BCUT2D eigenvalue weighted by atomic mass is 10.1. The zero-order valence-electron chi connectivity index (χ0n) is 14.1. The Balaban J connectivity index is 1.85. The number of fused-ring (bicyclic) bond motifs is 1. The number of amides is 1. The number of carbonyl (C=O) groups is 1. The molecule has 0 fully saturated rings. The van der Waals surface area contributed by atoms with Gasteiger partial charge in [0.1, 0.15) is 5.69 Å². The summed E-state index contributed by atoms with van der Waals surface area (Å²) in [5.74, 6) is -0.604. The molecule has 0 atom stereocenters. The van der Waals surface area contributed by atoms with Gasteiger partial charge in [-0.1, -0.05) is 17.3 Å². The Morgan fingerprint density at radius 2 is 1.92 bits per heavy atom. The normalized spacial score (nSPS) is 11.6. The highest BCUT2D eigenvalue weighted by atomic mass is 19.4. The summed E-state index contributed by atoms with van der Waals surface area (Å²) >= 11 is 0. The monoisotopic (exact) mass is 363 g/mol. The molecule has 0 aliphatic carbocycles. The predicted molar refractivity (Wildman–Crippen MR) is 92.1 cm³/mol.